The van der Waals surface area contributed by atoms with E-state index in [-0.39, 0.29) is 40.6 Å². The number of azo groups is 1. The molecule has 1 heterocycles. The van der Waals surface area contributed by atoms with Gasteiger partial charge in [0.05, 0.1) is 0 Å². The number of hydrogen-bond donors (Lipinski definition) is 3. The molecular weight excluding hydrogens is 400 g/mol. The van der Waals surface area contributed by atoms with Crippen LogP contribution in [0, 0.1) is 6.92 Å². The first-order chi connectivity index (χ1) is 11.3. The number of H-pyrrole nitrogens is 1. The van der Waals surface area contributed by atoms with Crippen molar-refractivity contribution in [3.05, 3.63) is 46.4 Å². The Balaban J connectivity index is 0.00000169. The van der Waals surface area contributed by atoms with Crippen molar-refractivity contribution < 1.29 is 36.6 Å². The largest absolute Gasteiger partial charge is 1.00 e. The zero-order valence-electron chi connectivity index (χ0n) is 13.6. The summed E-state index contributed by atoms with van der Waals surface area (Å²) < 4.78 is 32.3. The van der Waals surface area contributed by atoms with Gasteiger partial charge < -0.3 is 15.0 Å². The molecule has 135 valence electrons. The van der Waals surface area contributed by atoms with Crippen molar-refractivity contribution in [3.8, 4) is 5.75 Å². The van der Waals surface area contributed by atoms with Gasteiger partial charge in [-0.15, -0.1) is 5.69 Å². The van der Waals surface area contributed by atoms with E-state index in [1.54, 1.807) is 19.1 Å². The van der Waals surface area contributed by atoms with Crippen molar-refractivity contribution in [1.29, 1.82) is 0 Å². The molecule has 0 aliphatic heterocycles. The normalized spacial score (nSPS) is 11.8. The minimum absolute atomic E-state index is 0. The third-order valence-electron chi connectivity index (χ3n) is 3.37. The molecule has 0 bridgehead atoms. The monoisotopic (exact) mass is 411 g/mol. The number of nitrogens with one attached hydrogen (secondary N) is 1. The van der Waals surface area contributed by atoms with Gasteiger partial charge in [-0.3, -0.25) is 9.65 Å². The van der Waals surface area contributed by atoms with Crippen molar-refractivity contribution in [2.75, 3.05) is 0 Å². The molecule has 11 heteroatoms. The summed E-state index contributed by atoms with van der Waals surface area (Å²) in [7, 11) is -4.54. The van der Waals surface area contributed by atoms with Gasteiger partial charge in [-0.05, 0) is 0 Å². The number of phenolic OH excluding ortho intramolecular Hbond substituents is 1. The average Bonchev–Trinajstić information content (AvgIpc) is 2.84. The van der Waals surface area contributed by atoms with Crippen LogP contribution >= 0.6 is 0 Å². The summed E-state index contributed by atoms with van der Waals surface area (Å²) in [5.74, 6) is -0.501. The SMILES string of the molecule is Cc1n[nH]c(=O)[c-]1N=Nc1c(O)cc(S(=O)(=O)O)c2ccccc12.[Cu].[H+]. The maximum Gasteiger partial charge on any atom is 1.00 e. The molecule has 0 fully saturated rings. The molecule has 0 saturated heterocycles. The van der Waals surface area contributed by atoms with Gasteiger partial charge in [-0.1, -0.05) is 36.9 Å². The van der Waals surface area contributed by atoms with E-state index in [2.05, 4.69) is 20.4 Å². The number of aromatic nitrogens is 2. The number of fused-ring (bicyclic) bond motifs is 1. The van der Waals surface area contributed by atoms with Crippen molar-refractivity contribution in [2.45, 2.75) is 11.8 Å². The van der Waals surface area contributed by atoms with Crippen LogP contribution in [0.2, 0.25) is 0 Å². The predicted octanol–water partition coefficient (Wildman–Crippen LogP) is 2.43. The number of rotatable bonds is 3. The van der Waals surface area contributed by atoms with E-state index in [4.69, 9.17) is 0 Å². The van der Waals surface area contributed by atoms with Gasteiger partial charge in [0.2, 0.25) is 0 Å². The van der Waals surface area contributed by atoms with Crippen LogP contribution in [-0.4, -0.2) is 28.3 Å². The van der Waals surface area contributed by atoms with Gasteiger partial charge >= 0.3 is 1.43 Å². The summed E-state index contributed by atoms with van der Waals surface area (Å²) >= 11 is 0. The van der Waals surface area contributed by atoms with Crippen molar-refractivity contribution in [2.24, 2.45) is 10.2 Å². The molecule has 0 atom stereocenters. The molecule has 9 nitrogen and oxygen atoms in total. The molecule has 3 rings (SSSR count). The number of phenols is 1. The molecule has 3 aromatic rings. The van der Waals surface area contributed by atoms with Crippen molar-refractivity contribution in [1.82, 2.24) is 10.2 Å². The summed E-state index contributed by atoms with van der Waals surface area (Å²) in [5, 5.41) is 24.1. The van der Waals surface area contributed by atoms with Crippen LogP contribution in [0.15, 0.2) is 50.3 Å². The van der Waals surface area contributed by atoms with E-state index in [0.717, 1.165) is 6.07 Å². The molecule has 25 heavy (non-hydrogen) atoms. The van der Waals surface area contributed by atoms with Crippen LogP contribution in [0.3, 0.4) is 0 Å². The number of hydrogen-bond acceptors (Lipinski definition) is 7. The average molecular weight is 412 g/mol. The standard InChI is InChI=1S/C14H11N4O5S.Cu/c1-7-12(14(20)18-15-7)16-17-13-9-5-3-2-4-8(9)11(6-10(13)19)24(21,22)23;/h2-6,19H,1H3,(H,18,20)(H,21,22,23);/q-1;/p+1. The summed E-state index contributed by atoms with van der Waals surface area (Å²) in [5.41, 5.74) is -0.243. The smallest absolute Gasteiger partial charge is 0.506 e. The fourth-order valence-corrected chi connectivity index (χ4v) is 2.97. The zero-order valence-corrected chi connectivity index (χ0v) is 14.3. The Morgan fingerprint density at radius 3 is 2.48 bits per heavy atom. The summed E-state index contributed by atoms with van der Waals surface area (Å²) in [6.07, 6.45) is 0. The third-order valence-corrected chi connectivity index (χ3v) is 4.26. The van der Waals surface area contributed by atoms with Gasteiger partial charge in [0.1, 0.15) is 21.9 Å². The first-order valence-electron chi connectivity index (χ1n) is 6.65. The molecule has 0 saturated carbocycles. The van der Waals surface area contributed by atoms with Gasteiger partial charge in [0.25, 0.3) is 10.1 Å². The third kappa shape index (κ3) is 3.49. The second-order valence-corrected chi connectivity index (χ2v) is 6.34. The summed E-state index contributed by atoms with van der Waals surface area (Å²) in [4.78, 5) is 11.1. The molecular formula is C14H12CuN4O5S. The van der Waals surface area contributed by atoms with E-state index in [1.807, 2.05) is 0 Å². The molecule has 1 radical (unpaired) electrons. The molecule has 3 N–H and O–H groups in total. The van der Waals surface area contributed by atoms with Gasteiger partial charge in [-0.25, -0.2) is 5.10 Å². The molecule has 0 aliphatic rings. The Kier molecular flexibility index (Phi) is 5.14. The van der Waals surface area contributed by atoms with Crippen LogP contribution < -0.4 is 5.56 Å². The number of nitrogens with zero attached hydrogens (tertiary/aromatic N) is 3. The number of aromatic amines is 1. The summed E-state index contributed by atoms with van der Waals surface area (Å²) in [6.45, 7) is 1.56. The van der Waals surface area contributed by atoms with E-state index in [9.17, 15) is 22.9 Å². The minimum Gasteiger partial charge on any atom is -0.506 e. The van der Waals surface area contributed by atoms with E-state index in [1.165, 1.54) is 12.1 Å². The Bertz CT molecular complexity index is 1140. The fraction of sp³-hybridized carbons (Fsp3) is 0.0714. The maximum absolute atomic E-state index is 11.5. The second kappa shape index (κ2) is 6.81. The van der Waals surface area contributed by atoms with Gasteiger partial charge in [0, 0.05) is 33.9 Å². The predicted molar refractivity (Wildman–Crippen MR) is 85.9 cm³/mol. The topological polar surface area (TPSA) is 145 Å². The van der Waals surface area contributed by atoms with Crippen LogP contribution in [0.5, 0.6) is 5.75 Å². The minimum atomic E-state index is -4.54. The Morgan fingerprint density at radius 1 is 1.28 bits per heavy atom. The van der Waals surface area contributed by atoms with Gasteiger partial charge in [0.15, 0.2) is 0 Å². The van der Waals surface area contributed by atoms with E-state index in [0.29, 0.717) is 5.69 Å². The number of aromatic hydroxyl groups is 1. The van der Waals surface area contributed by atoms with E-state index >= 15 is 0 Å². The van der Waals surface area contributed by atoms with Crippen molar-refractivity contribution in [3.63, 3.8) is 0 Å². The van der Waals surface area contributed by atoms with Crippen LogP contribution in [0.4, 0.5) is 11.4 Å². The number of benzene rings is 2. The maximum atomic E-state index is 11.5. The molecule has 0 unspecified atom stereocenters. The first kappa shape index (κ1) is 18.9. The molecule has 2 aromatic carbocycles. The zero-order chi connectivity index (χ0) is 17.5. The van der Waals surface area contributed by atoms with Crippen LogP contribution in [-0.2, 0) is 27.2 Å². The number of aryl methyl sites for hydroxylation is 1. The summed E-state index contributed by atoms with van der Waals surface area (Å²) in [6, 6.07) is 7.03. The van der Waals surface area contributed by atoms with Crippen LogP contribution in [0.25, 0.3) is 10.8 Å². The second-order valence-electron chi connectivity index (χ2n) is 4.95. The van der Waals surface area contributed by atoms with E-state index < -0.39 is 26.3 Å². The molecule has 0 spiro atoms. The Hall–Kier alpha value is -2.46. The molecule has 0 amide bonds. The fourth-order valence-electron chi connectivity index (χ4n) is 2.25. The van der Waals surface area contributed by atoms with Gasteiger partial charge in [-0.2, -0.15) is 13.5 Å². The Morgan fingerprint density at radius 2 is 1.92 bits per heavy atom. The Labute approximate surface area is 153 Å². The molecule has 0 aliphatic carbocycles. The van der Waals surface area contributed by atoms with Crippen molar-refractivity contribution >= 4 is 32.3 Å². The quantitative estimate of drug-likeness (QED) is 0.261. The first-order valence-corrected chi connectivity index (χ1v) is 8.09. The molecule has 1 aromatic heterocycles. The van der Waals surface area contributed by atoms with Crippen LogP contribution in [0.1, 0.15) is 7.12 Å².